The Morgan fingerprint density at radius 3 is 0.847 bits per heavy atom. The van der Waals surface area contributed by atoms with Gasteiger partial charge in [0.25, 0.3) is 0 Å². The summed E-state index contributed by atoms with van der Waals surface area (Å²) in [6, 6.07) is 0. The summed E-state index contributed by atoms with van der Waals surface area (Å²) < 4.78 is 56.6. The van der Waals surface area contributed by atoms with Gasteiger partial charge in [-0.2, -0.15) is 0 Å². The van der Waals surface area contributed by atoms with E-state index < -0.39 is 214 Å². The van der Waals surface area contributed by atoms with Crippen LogP contribution in [0.3, 0.4) is 0 Å². The molecule has 72 heavy (non-hydrogen) atoms. The first-order valence-corrected chi connectivity index (χ1v) is 20.7. The quantitative estimate of drug-likeness (QED) is 0.0682. The average molecular weight is 1060 g/mol. The van der Waals surface area contributed by atoms with E-state index >= 15 is 0 Å². The summed E-state index contributed by atoms with van der Waals surface area (Å²) in [7, 11) is 0. The van der Waals surface area contributed by atoms with Crippen LogP contribution < -0.4 is 0 Å². The van der Waals surface area contributed by atoms with E-state index in [2.05, 4.69) is 4.74 Å². The van der Waals surface area contributed by atoms with Gasteiger partial charge < -0.3 is 149 Å². The molecule has 0 aromatic heterocycles. The molecule has 0 aliphatic carbocycles. The fourth-order valence-corrected chi connectivity index (χ4v) is 8.05. The molecule has 0 amide bonds. The molecule has 0 aromatic rings. The molecule has 36 heteroatoms. The minimum absolute atomic E-state index is 0.551. The van der Waals surface area contributed by atoms with Crippen molar-refractivity contribution in [1.82, 2.24) is 0 Å². The van der Waals surface area contributed by atoms with E-state index in [0.29, 0.717) is 6.08 Å². The second kappa shape index (κ2) is 22.5. The Hall–Kier alpha value is -4.56. The fourth-order valence-electron chi connectivity index (χ4n) is 8.05. The van der Waals surface area contributed by atoms with Gasteiger partial charge in [-0.15, -0.1) is 0 Å². The molecule has 1 unspecified atom stereocenters. The average Bonchev–Trinajstić information content (AvgIpc) is 3.30. The lowest BCUT2D eigenvalue weighted by atomic mass is 9.95. The van der Waals surface area contributed by atoms with Crippen LogP contribution in [0.2, 0.25) is 0 Å². The lowest BCUT2D eigenvalue weighted by Crippen LogP contribution is -2.69. The second-order valence-corrected chi connectivity index (χ2v) is 16.6. The van der Waals surface area contributed by atoms with Crippen LogP contribution in [0, 0.1) is 0 Å². The van der Waals surface area contributed by atoms with E-state index in [1.165, 1.54) is 0 Å². The Labute approximate surface area is 397 Å². The maximum atomic E-state index is 12.5. The molecule has 19 N–H and O–H groups in total. The molecule has 408 valence electrons. The lowest BCUT2D eigenvalue weighted by Gasteiger charge is -2.48. The van der Waals surface area contributed by atoms with Crippen molar-refractivity contribution in [2.24, 2.45) is 0 Å². The van der Waals surface area contributed by atoms with Crippen molar-refractivity contribution in [3.63, 3.8) is 0 Å². The summed E-state index contributed by atoms with van der Waals surface area (Å²) in [5, 5.41) is 197. The summed E-state index contributed by atoms with van der Waals surface area (Å²) in [6.07, 6.45) is -67.6. The van der Waals surface area contributed by atoms with E-state index in [-0.39, 0.29) is 0 Å². The van der Waals surface area contributed by atoms with Crippen molar-refractivity contribution in [2.45, 2.75) is 172 Å². The summed E-state index contributed by atoms with van der Waals surface area (Å²) >= 11 is 0. The molecule has 6 aliphatic rings. The maximum absolute atomic E-state index is 12.5. The van der Waals surface area contributed by atoms with E-state index in [4.69, 9.17) is 47.4 Å². The van der Waals surface area contributed by atoms with Crippen LogP contribution >= 0.6 is 0 Å². The van der Waals surface area contributed by atoms with Gasteiger partial charge in [0.15, 0.2) is 62.0 Å². The van der Waals surface area contributed by atoms with Gasteiger partial charge >= 0.3 is 35.8 Å². The normalized spacial score (nSPS) is 47.8. The Kier molecular flexibility index (Phi) is 17.7. The highest BCUT2D eigenvalue weighted by molar-refractivity contribution is 5.84. The predicted molar refractivity (Wildman–Crippen MR) is 201 cm³/mol. The molecule has 28 atom stereocenters. The third kappa shape index (κ3) is 11.2. The van der Waals surface area contributed by atoms with Crippen LogP contribution in [0.5, 0.6) is 0 Å². The number of aliphatic hydroxyl groups excluding tert-OH is 13. The van der Waals surface area contributed by atoms with Crippen LogP contribution in [0.4, 0.5) is 0 Å². The number of hydrogen-bond donors (Lipinski definition) is 19. The minimum Gasteiger partial charge on any atom is -0.479 e. The van der Waals surface area contributed by atoms with Crippen molar-refractivity contribution in [3.05, 3.63) is 11.8 Å². The van der Waals surface area contributed by atoms with Gasteiger partial charge in [0.05, 0.1) is 0 Å². The highest BCUT2D eigenvalue weighted by atomic mass is 16.8. The van der Waals surface area contributed by atoms with Gasteiger partial charge in [-0.25, -0.2) is 28.8 Å². The van der Waals surface area contributed by atoms with Gasteiger partial charge in [0, 0.05) is 0 Å². The van der Waals surface area contributed by atoms with E-state index in [0.717, 1.165) is 0 Å². The smallest absolute Gasteiger partial charge is 0.371 e. The van der Waals surface area contributed by atoms with Crippen LogP contribution in [0.25, 0.3) is 0 Å². The minimum atomic E-state index is -2.63. The number of carbonyl (C=O) groups is 6. The van der Waals surface area contributed by atoms with Crippen molar-refractivity contribution < 1.29 is 178 Å². The van der Waals surface area contributed by atoms with E-state index in [9.17, 15) is 126 Å². The van der Waals surface area contributed by atoms with Crippen LogP contribution in [-0.4, -0.2) is 305 Å². The van der Waals surface area contributed by atoms with Gasteiger partial charge in [0.2, 0.25) is 12.0 Å². The third-order valence-corrected chi connectivity index (χ3v) is 11.8. The molecule has 5 saturated heterocycles. The predicted octanol–water partition coefficient (Wildman–Crippen LogP) is -12.4. The maximum Gasteiger partial charge on any atom is 0.371 e. The van der Waals surface area contributed by atoms with Crippen LogP contribution in [0.15, 0.2) is 11.8 Å². The van der Waals surface area contributed by atoms with Crippen molar-refractivity contribution >= 4 is 35.8 Å². The highest BCUT2D eigenvalue weighted by Crippen LogP contribution is 2.37. The molecular weight excluding hydrogens is 1010 g/mol. The van der Waals surface area contributed by atoms with Gasteiger partial charge in [0.1, 0.15) is 104 Å². The van der Waals surface area contributed by atoms with Crippen LogP contribution in [-0.2, 0) is 80.9 Å². The molecule has 36 nitrogen and oxygen atoms in total. The number of rotatable bonds is 16. The summed E-state index contributed by atoms with van der Waals surface area (Å²) in [5.74, 6) is -13.0. The Morgan fingerprint density at radius 1 is 0.333 bits per heavy atom. The highest BCUT2D eigenvalue weighted by Gasteiger charge is 2.60. The fraction of sp³-hybridized carbons (Fsp3) is 0.778. The Balaban J connectivity index is 1.13. The zero-order valence-electron chi connectivity index (χ0n) is 35.7. The number of hydrogen-bond acceptors (Lipinski definition) is 30. The SMILES string of the molecule is O=C(O)C1=C[C@H](O)[C@@H](O)[C@H](O[C@H]2[C@H](O)[C@@H](O)[C@H](O[C@H]3[C@H](O)[C@@H](O)[C@H](O[C@H]4[C@H](O)[C@@H](O)[C@H](O[C@H]5[C@H](O)[C@@H](O)[C@H](O[C@H]6[C@H](O)[C@@H](O)C(O)O[C@@H]6C(=O)O)O[C@@H]5C(=O)O)O[C@@H]4C(=O)O)O[C@@H]3C(=O)O)O[C@@H]2C(=O)O)O1. The van der Waals surface area contributed by atoms with Crippen molar-refractivity contribution in [1.29, 1.82) is 0 Å². The molecule has 0 saturated carbocycles. The molecule has 0 bridgehead atoms. The number of carboxylic acids is 6. The van der Waals surface area contributed by atoms with Gasteiger partial charge in [-0.05, 0) is 6.08 Å². The molecule has 6 rings (SSSR count). The molecule has 0 radical (unpaired) electrons. The van der Waals surface area contributed by atoms with E-state index in [1.807, 2.05) is 0 Å². The molecule has 6 heterocycles. The van der Waals surface area contributed by atoms with Gasteiger partial charge in [-0.3, -0.25) is 0 Å². The molecular formula is C36H48O36. The number of carboxylic acid groups (broad SMARTS) is 6. The summed E-state index contributed by atoms with van der Waals surface area (Å²) in [6.45, 7) is 0. The summed E-state index contributed by atoms with van der Waals surface area (Å²) in [4.78, 5) is 72.6. The molecule has 5 fully saturated rings. The monoisotopic (exact) mass is 1060 g/mol. The van der Waals surface area contributed by atoms with Crippen LogP contribution in [0.1, 0.15) is 0 Å². The first kappa shape index (κ1) is 56.7. The zero-order chi connectivity index (χ0) is 53.7. The zero-order valence-corrected chi connectivity index (χ0v) is 35.7. The summed E-state index contributed by atoms with van der Waals surface area (Å²) in [5.41, 5.74) is 0. The third-order valence-electron chi connectivity index (χ3n) is 11.8. The lowest BCUT2D eigenvalue weighted by molar-refractivity contribution is -0.384. The molecule has 0 aromatic carbocycles. The standard InChI is InChI=1S/C36H48O36/c37-2-1-3(25(49)50)62-32(4(2)38)64-16-6(40)11(45)34(69-21(16)27(53)54)66-18-8(42)13(47)36(71-23(18)29(57)58)68-19-9(43)14(48)35(72-24(19)30(59)60)67-17-7(41)12(46)33(70-22(17)28(55)56)65-15-5(39)10(44)31(61)63-20(15)26(51)52/h1-2,4-24,31-48,61H,(H,49,50)(H,51,52)(H,53,54)(H,55,56)(H,57,58)(H,59,60)/t2-,4+,5+,6+,7+,8+,9+,10+,11+,12+,13+,14+,15-,16-,17-,18-,19-,20-,21-,22-,23-,24-,31?,32-,33+,34+,35+,36+/m0/s1. The van der Waals surface area contributed by atoms with Crippen molar-refractivity contribution in [3.8, 4) is 0 Å². The number of aliphatic hydroxyl groups is 13. The molecule has 6 aliphatic heterocycles. The Morgan fingerprint density at radius 2 is 0.583 bits per heavy atom. The topological polar surface area (TPSA) is 588 Å². The largest absolute Gasteiger partial charge is 0.479 e. The molecule has 0 spiro atoms. The Bertz CT molecular complexity index is 2020. The van der Waals surface area contributed by atoms with Gasteiger partial charge in [-0.1, -0.05) is 0 Å². The van der Waals surface area contributed by atoms with E-state index in [1.54, 1.807) is 0 Å². The number of ether oxygens (including phenoxy) is 11. The van der Waals surface area contributed by atoms with Crippen molar-refractivity contribution in [2.75, 3.05) is 0 Å². The first-order chi connectivity index (χ1) is 33.6. The second-order valence-electron chi connectivity index (χ2n) is 16.6. The number of aliphatic carboxylic acids is 6. The first-order valence-electron chi connectivity index (χ1n) is 20.7.